The Morgan fingerprint density at radius 2 is 1.96 bits per heavy atom. The number of ether oxygens (including phenoxy) is 1. The summed E-state index contributed by atoms with van der Waals surface area (Å²) >= 11 is 1.87. The Labute approximate surface area is 176 Å². The van der Waals surface area contributed by atoms with Crippen molar-refractivity contribution in [2.24, 2.45) is 4.99 Å². The van der Waals surface area contributed by atoms with Crippen LogP contribution in [0.1, 0.15) is 24.8 Å². The van der Waals surface area contributed by atoms with Crippen LogP contribution < -0.4 is 4.74 Å². The quantitative estimate of drug-likeness (QED) is 0.465. The van der Waals surface area contributed by atoms with Gasteiger partial charge in [0.2, 0.25) is 5.88 Å². The minimum Gasteiger partial charge on any atom is -0.506 e. The molecule has 27 heavy (non-hydrogen) atoms. The predicted octanol–water partition coefficient (Wildman–Crippen LogP) is 4.94. The number of para-hydroxylation sites is 1. The Hall–Kier alpha value is -1.84. The second kappa shape index (κ2) is 7.65. The number of phenolic OH excluding ortho intramolecular Hbond substituents is 1. The monoisotopic (exact) mass is 556 g/mol. The van der Waals surface area contributed by atoms with E-state index in [0.29, 0.717) is 28.4 Å². The van der Waals surface area contributed by atoms with E-state index in [2.05, 4.69) is 11.1 Å². The fourth-order valence-corrected chi connectivity index (χ4v) is 4.93. The second-order valence-corrected chi connectivity index (χ2v) is 7.85. The van der Waals surface area contributed by atoms with Crippen molar-refractivity contribution in [3.05, 3.63) is 60.2 Å². The SMILES string of the molecule is Oc1cccc2ccc(Oc3[c-]c(C4=N[C@H]5CCC[C@@H]5S4)ccc3)nc12.[Pt]. The minimum atomic E-state index is 0. The fraction of sp³-hybridized carbons (Fsp3) is 0.238. The first-order valence-corrected chi connectivity index (χ1v) is 9.68. The fourth-order valence-electron chi connectivity index (χ4n) is 3.56. The number of rotatable bonds is 3. The zero-order valence-electron chi connectivity index (χ0n) is 14.4. The van der Waals surface area contributed by atoms with Crippen molar-refractivity contribution in [2.75, 3.05) is 0 Å². The van der Waals surface area contributed by atoms with Gasteiger partial charge in [0.1, 0.15) is 11.3 Å². The van der Waals surface area contributed by atoms with E-state index >= 15 is 0 Å². The van der Waals surface area contributed by atoms with Gasteiger partial charge in [-0.15, -0.1) is 23.8 Å². The van der Waals surface area contributed by atoms with E-state index in [-0.39, 0.29) is 26.8 Å². The topological polar surface area (TPSA) is 54.7 Å². The van der Waals surface area contributed by atoms with Crippen LogP contribution in [0.25, 0.3) is 10.9 Å². The Bertz CT molecular complexity index is 1020. The van der Waals surface area contributed by atoms with Crippen LogP contribution in [0.3, 0.4) is 0 Å². The number of aromatic hydroxyl groups is 1. The molecule has 1 N–H and O–H groups in total. The third kappa shape index (κ3) is 3.63. The van der Waals surface area contributed by atoms with Crippen molar-refractivity contribution >= 4 is 27.7 Å². The molecule has 4 nitrogen and oxygen atoms in total. The molecular formula is C21H17N2O2PtS-. The Morgan fingerprint density at radius 3 is 2.85 bits per heavy atom. The van der Waals surface area contributed by atoms with Crippen molar-refractivity contribution in [3.8, 4) is 17.4 Å². The van der Waals surface area contributed by atoms with Gasteiger partial charge in [0, 0.05) is 48.6 Å². The summed E-state index contributed by atoms with van der Waals surface area (Å²) in [5.41, 5.74) is 1.51. The molecule has 6 heteroatoms. The summed E-state index contributed by atoms with van der Waals surface area (Å²) in [6.07, 6.45) is 3.73. The molecule has 0 bridgehead atoms. The van der Waals surface area contributed by atoms with E-state index in [0.717, 1.165) is 16.0 Å². The van der Waals surface area contributed by atoms with Crippen LogP contribution in [-0.2, 0) is 21.1 Å². The normalized spacial score (nSPS) is 20.8. The van der Waals surface area contributed by atoms with Crippen LogP contribution in [0, 0.1) is 6.07 Å². The van der Waals surface area contributed by atoms with Gasteiger partial charge in [-0.3, -0.25) is 0 Å². The van der Waals surface area contributed by atoms with E-state index in [1.807, 2.05) is 42.1 Å². The minimum absolute atomic E-state index is 0. The van der Waals surface area contributed by atoms with Crippen molar-refractivity contribution in [1.82, 2.24) is 4.98 Å². The first-order chi connectivity index (χ1) is 12.8. The molecule has 0 spiro atoms. The standard InChI is InChI=1S/C21H17N2O2S.Pt/c24-17-8-2-4-13-10-11-19(23-20(13)17)25-15-6-1-5-14(12-15)21-22-16-7-3-9-18(16)26-21;/h1-2,4-6,8,10-11,16,18,24H,3,7,9H2;/q-1;/t16-,18-;/m0./s1. The molecule has 3 aromatic rings. The average molecular weight is 557 g/mol. The predicted molar refractivity (Wildman–Crippen MR) is 104 cm³/mol. The first kappa shape index (κ1) is 18.5. The maximum atomic E-state index is 9.98. The number of benzene rings is 2. The number of aromatic nitrogens is 1. The number of pyridine rings is 1. The van der Waals surface area contributed by atoms with Crippen LogP contribution in [0.2, 0.25) is 0 Å². The molecule has 1 aliphatic carbocycles. The molecule has 140 valence electrons. The largest absolute Gasteiger partial charge is 0.506 e. The van der Waals surface area contributed by atoms with Crippen molar-refractivity contribution in [3.63, 3.8) is 0 Å². The van der Waals surface area contributed by atoms with Gasteiger partial charge in [-0.1, -0.05) is 24.6 Å². The van der Waals surface area contributed by atoms with Gasteiger partial charge in [-0.05, 0) is 25.0 Å². The van der Waals surface area contributed by atoms with Gasteiger partial charge in [0.25, 0.3) is 0 Å². The van der Waals surface area contributed by atoms with E-state index in [9.17, 15) is 5.11 Å². The average Bonchev–Trinajstić information content (AvgIpc) is 3.25. The van der Waals surface area contributed by atoms with Gasteiger partial charge in [0.15, 0.2) is 0 Å². The van der Waals surface area contributed by atoms with Gasteiger partial charge in [0.05, 0.1) is 6.04 Å². The van der Waals surface area contributed by atoms with Crippen molar-refractivity contribution in [2.45, 2.75) is 30.6 Å². The summed E-state index contributed by atoms with van der Waals surface area (Å²) in [7, 11) is 0. The summed E-state index contributed by atoms with van der Waals surface area (Å²) in [4.78, 5) is 9.28. The van der Waals surface area contributed by atoms with Crippen LogP contribution >= 0.6 is 11.8 Å². The van der Waals surface area contributed by atoms with Gasteiger partial charge in [-0.2, -0.15) is 11.8 Å². The summed E-state index contributed by atoms with van der Waals surface area (Å²) in [6.45, 7) is 0. The van der Waals surface area contributed by atoms with Gasteiger partial charge in [-0.25, -0.2) is 4.98 Å². The molecule has 5 rings (SSSR count). The first-order valence-electron chi connectivity index (χ1n) is 8.80. The van der Waals surface area contributed by atoms with E-state index < -0.39 is 0 Å². The van der Waals surface area contributed by atoms with Crippen LogP contribution in [0.4, 0.5) is 0 Å². The van der Waals surface area contributed by atoms with Crippen LogP contribution in [-0.4, -0.2) is 26.4 Å². The van der Waals surface area contributed by atoms with Crippen molar-refractivity contribution in [1.29, 1.82) is 0 Å². The molecular weight excluding hydrogens is 539 g/mol. The van der Waals surface area contributed by atoms with E-state index in [1.165, 1.54) is 19.3 Å². The summed E-state index contributed by atoms with van der Waals surface area (Å²) in [6, 6.07) is 18.6. The Balaban J connectivity index is 0.00000180. The molecule has 0 saturated heterocycles. The number of hydrogen-bond acceptors (Lipinski definition) is 5. The number of fused-ring (bicyclic) bond motifs is 2. The molecule has 0 amide bonds. The van der Waals surface area contributed by atoms with E-state index in [4.69, 9.17) is 9.73 Å². The number of thioether (sulfide) groups is 1. The number of hydrogen-bond donors (Lipinski definition) is 1. The second-order valence-electron chi connectivity index (χ2n) is 6.62. The zero-order valence-corrected chi connectivity index (χ0v) is 17.5. The smallest absolute Gasteiger partial charge is 0.217 e. The van der Waals surface area contributed by atoms with Gasteiger partial charge < -0.3 is 14.8 Å². The molecule has 2 atom stereocenters. The maximum absolute atomic E-state index is 9.98. The van der Waals surface area contributed by atoms with Crippen LogP contribution in [0.5, 0.6) is 17.4 Å². The third-order valence-electron chi connectivity index (χ3n) is 4.85. The molecule has 0 radical (unpaired) electrons. The molecule has 1 fully saturated rings. The Morgan fingerprint density at radius 1 is 1.07 bits per heavy atom. The summed E-state index contributed by atoms with van der Waals surface area (Å²) < 4.78 is 5.89. The molecule has 1 aromatic heterocycles. The molecule has 2 aliphatic rings. The molecule has 2 heterocycles. The maximum Gasteiger partial charge on any atom is 0.217 e. The zero-order chi connectivity index (χ0) is 17.5. The Kier molecular flexibility index (Phi) is 5.25. The van der Waals surface area contributed by atoms with Gasteiger partial charge >= 0.3 is 0 Å². The van der Waals surface area contributed by atoms with E-state index in [1.54, 1.807) is 18.2 Å². The summed E-state index contributed by atoms with van der Waals surface area (Å²) in [5.74, 6) is 1.18. The number of aliphatic imine (C=N–C) groups is 1. The molecule has 1 aliphatic heterocycles. The molecule has 2 aromatic carbocycles. The number of nitrogens with zero attached hydrogens (tertiary/aromatic N) is 2. The third-order valence-corrected chi connectivity index (χ3v) is 6.25. The number of phenols is 1. The molecule has 0 unspecified atom stereocenters. The van der Waals surface area contributed by atoms with Crippen LogP contribution in [0.15, 0.2) is 53.5 Å². The molecule has 1 saturated carbocycles. The van der Waals surface area contributed by atoms with Crippen molar-refractivity contribution < 1.29 is 30.9 Å². The summed E-state index contributed by atoms with van der Waals surface area (Å²) in [5, 5.41) is 12.6.